The minimum Gasteiger partial charge on any atom is -0.480 e. The molecule has 0 amide bonds. The molecule has 1 aliphatic heterocycles. The van der Waals surface area contributed by atoms with Gasteiger partial charge in [-0.15, -0.1) is 0 Å². The molecule has 2 rings (SSSR count). The lowest BCUT2D eigenvalue weighted by molar-refractivity contribution is -0.145. The molecule has 4 heteroatoms. The van der Waals surface area contributed by atoms with Crippen LogP contribution in [-0.4, -0.2) is 59.6 Å². The lowest BCUT2D eigenvalue weighted by atomic mass is 10.1. The van der Waals surface area contributed by atoms with Gasteiger partial charge in [-0.1, -0.05) is 6.92 Å². The zero-order valence-corrected chi connectivity index (χ0v) is 10.1. The topological polar surface area (TPSA) is 43.8 Å². The molecule has 0 radical (unpaired) electrons. The maximum atomic E-state index is 11.2. The number of hydrogen-bond acceptors (Lipinski definition) is 3. The van der Waals surface area contributed by atoms with E-state index in [1.54, 1.807) is 0 Å². The average Bonchev–Trinajstić information content (AvgIpc) is 3.05. The van der Waals surface area contributed by atoms with E-state index in [2.05, 4.69) is 16.7 Å². The Labute approximate surface area is 97.2 Å². The smallest absolute Gasteiger partial charge is 0.321 e. The maximum absolute atomic E-state index is 11.2. The van der Waals surface area contributed by atoms with Crippen LogP contribution in [0.4, 0.5) is 0 Å². The van der Waals surface area contributed by atoms with Gasteiger partial charge < -0.3 is 10.0 Å². The summed E-state index contributed by atoms with van der Waals surface area (Å²) in [5.41, 5.74) is 0. The predicted octanol–water partition coefficient (Wildman–Crippen LogP) is 0.877. The highest BCUT2D eigenvalue weighted by Gasteiger charge is 2.40. The second-order valence-electron chi connectivity index (χ2n) is 5.00. The number of hydrogen-bond donors (Lipinski definition) is 1. The molecule has 1 aliphatic carbocycles. The second kappa shape index (κ2) is 5.15. The molecule has 1 saturated carbocycles. The number of piperazine rings is 1. The highest BCUT2D eigenvalue weighted by atomic mass is 16.4. The minimum absolute atomic E-state index is 0.205. The molecule has 16 heavy (non-hydrogen) atoms. The van der Waals surface area contributed by atoms with Crippen molar-refractivity contribution in [3.8, 4) is 0 Å². The van der Waals surface area contributed by atoms with Crippen LogP contribution in [0.25, 0.3) is 0 Å². The van der Waals surface area contributed by atoms with Gasteiger partial charge in [-0.05, 0) is 31.7 Å². The molecule has 4 nitrogen and oxygen atoms in total. The van der Waals surface area contributed by atoms with E-state index in [0.717, 1.165) is 45.6 Å². The van der Waals surface area contributed by atoms with Crippen molar-refractivity contribution in [2.45, 2.75) is 32.2 Å². The van der Waals surface area contributed by atoms with Gasteiger partial charge in [-0.25, -0.2) is 0 Å². The fourth-order valence-corrected chi connectivity index (χ4v) is 2.65. The van der Waals surface area contributed by atoms with Crippen LogP contribution in [-0.2, 0) is 4.79 Å². The molecular weight excluding hydrogens is 204 g/mol. The van der Waals surface area contributed by atoms with E-state index in [9.17, 15) is 9.90 Å². The zero-order valence-electron chi connectivity index (χ0n) is 10.1. The third-order valence-corrected chi connectivity index (χ3v) is 3.66. The molecule has 2 aliphatic rings. The lowest BCUT2D eigenvalue weighted by Gasteiger charge is -2.37. The molecule has 2 fully saturated rings. The Hall–Kier alpha value is -0.610. The average molecular weight is 226 g/mol. The highest BCUT2D eigenvalue weighted by molar-refractivity contribution is 5.74. The summed E-state index contributed by atoms with van der Waals surface area (Å²) in [6.45, 7) is 7.25. The first-order valence-electron chi connectivity index (χ1n) is 6.41. The number of rotatable bonds is 5. The van der Waals surface area contributed by atoms with Gasteiger partial charge in [-0.3, -0.25) is 9.69 Å². The largest absolute Gasteiger partial charge is 0.480 e. The third kappa shape index (κ3) is 2.74. The molecule has 1 heterocycles. The Morgan fingerprint density at radius 3 is 2.38 bits per heavy atom. The Bertz CT molecular complexity index is 245. The highest BCUT2D eigenvalue weighted by Crippen LogP contribution is 2.35. The Morgan fingerprint density at radius 2 is 1.94 bits per heavy atom. The number of aliphatic carboxylic acids is 1. The Balaban J connectivity index is 1.84. The van der Waals surface area contributed by atoms with Crippen molar-refractivity contribution in [2.24, 2.45) is 5.92 Å². The standard InChI is InChI=1S/C12H22N2O2/c1-2-5-13-6-8-14(9-7-13)11(12(15)16)10-3-4-10/h10-11H,2-9H2,1H3,(H,15,16). The molecule has 0 aromatic rings. The van der Waals surface area contributed by atoms with E-state index in [1.165, 1.54) is 6.42 Å². The van der Waals surface area contributed by atoms with Crippen molar-refractivity contribution < 1.29 is 9.90 Å². The zero-order chi connectivity index (χ0) is 11.5. The molecule has 0 spiro atoms. The lowest BCUT2D eigenvalue weighted by Crippen LogP contribution is -2.53. The van der Waals surface area contributed by atoms with Crippen molar-refractivity contribution in [3.05, 3.63) is 0 Å². The van der Waals surface area contributed by atoms with Crippen LogP contribution in [0.2, 0.25) is 0 Å². The number of nitrogens with zero attached hydrogens (tertiary/aromatic N) is 2. The van der Waals surface area contributed by atoms with E-state index in [0.29, 0.717) is 5.92 Å². The van der Waals surface area contributed by atoms with Crippen LogP contribution in [0, 0.1) is 5.92 Å². The number of carbonyl (C=O) groups is 1. The predicted molar refractivity (Wildman–Crippen MR) is 62.5 cm³/mol. The molecule has 1 atom stereocenters. The van der Waals surface area contributed by atoms with Crippen molar-refractivity contribution in [3.63, 3.8) is 0 Å². The first-order valence-corrected chi connectivity index (χ1v) is 6.41. The summed E-state index contributed by atoms with van der Waals surface area (Å²) < 4.78 is 0. The van der Waals surface area contributed by atoms with Crippen LogP contribution in [0.15, 0.2) is 0 Å². The van der Waals surface area contributed by atoms with Crippen molar-refractivity contribution in [1.82, 2.24) is 9.80 Å². The fourth-order valence-electron chi connectivity index (χ4n) is 2.65. The van der Waals surface area contributed by atoms with Crippen molar-refractivity contribution in [2.75, 3.05) is 32.7 Å². The number of carboxylic acid groups (broad SMARTS) is 1. The van der Waals surface area contributed by atoms with Crippen LogP contribution >= 0.6 is 0 Å². The van der Waals surface area contributed by atoms with Crippen LogP contribution < -0.4 is 0 Å². The molecule has 1 unspecified atom stereocenters. The summed E-state index contributed by atoms with van der Waals surface area (Å²) in [5, 5.41) is 9.25. The van der Waals surface area contributed by atoms with E-state index in [-0.39, 0.29) is 6.04 Å². The third-order valence-electron chi connectivity index (χ3n) is 3.66. The first-order chi connectivity index (χ1) is 7.72. The van der Waals surface area contributed by atoms with Gasteiger partial charge in [-0.2, -0.15) is 0 Å². The molecule has 0 aromatic carbocycles. The Morgan fingerprint density at radius 1 is 1.31 bits per heavy atom. The normalized spacial score (nSPS) is 25.6. The van der Waals surface area contributed by atoms with E-state index in [1.807, 2.05) is 0 Å². The second-order valence-corrected chi connectivity index (χ2v) is 5.00. The first kappa shape index (κ1) is 11.9. The Kier molecular flexibility index (Phi) is 3.82. The minimum atomic E-state index is -0.619. The van der Waals surface area contributed by atoms with E-state index >= 15 is 0 Å². The molecule has 0 aromatic heterocycles. The van der Waals surface area contributed by atoms with E-state index in [4.69, 9.17) is 0 Å². The summed E-state index contributed by atoms with van der Waals surface area (Å²) in [5.74, 6) is -0.193. The summed E-state index contributed by atoms with van der Waals surface area (Å²) >= 11 is 0. The van der Waals surface area contributed by atoms with Gasteiger partial charge in [0.05, 0.1) is 0 Å². The molecule has 92 valence electrons. The summed E-state index contributed by atoms with van der Waals surface area (Å²) in [4.78, 5) is 15.8. The van der Waals surface area contributed by atoms with Crippen LogP contribution in [0.3, 0.4) is 0 Å². The van der Waals surface area contributed by atoms with Gasteiger partial charge >= 0.3 is 5.97 Å². The van der Waals surface area contributed by atoms with Crippen molar-refractivity contribution in [1.29, 1.82) is 0 Å². The molecule has 0 bridgehead atoms. The van der Waals surface area contributed by atoms with E-state index < -0.39 is 5.97 Å². The SMILES string of the molecule is CCCN1CCN(C(C(=O)O)C2CC2)CC1. The summed E-state index contributed by atoms with van der Waals surface area (Å²) in [6.07, 6.45) is 3.39. The van der Waals surface area contributed by atoms with Gasteiger partial charge in [0.15, 0.2) is 0 Å². The van der Waals surface area contributed by atoms with Gasteiger partial charge in [0.2, 0.25) is 0 Å². The molecule has 1 saturated heterocycles. The molecule has 1 N–H and O–H groups in total. The van der Waals surface area contributed by atoms with Crippen molar-refractivity contribution >= 4 is 5.97 Å². The molecular formula is C12H22N2O2. The fraction of sp³-hybridized carbons (Fsp3) is 0.917. The van der Waals surface area contributed by atoms with Gasteiger partial charge in [0, 0.05) is 26.2 Å². The van der Waals surface area contributed by atoms with Crippen LogP contribution in [0.5, 0.6) is 0 Å². The summed E-state index contributed by atoms with van der Waals surface area (Å²) in [7, 11) is 0. The number of carboxylic acids is 1. The summed E-state index contributed by atoms with van der Waals surface area (Å²) in [6, 6.07) is -0.205. The quantitative estimate of drug-likeness (QED) is 0.755. The maximum Gasteiger partial charge on any atom is 0.321 e. The monoisotopic (exact) mass is 226 g/mol. The van der Waals surface area contributed by atoms with Gasteiger partial charge in [0.25, 0.3) is 0 Å². The van der Waals surface area contributed by atoms with Crippen LogP contribution in [0.1, 0.15) is 26.2 Å². The van der Waals surface area contributed by atoms with Gasteiger partial charge in [0.1, 0.15) is 6.04 Å².